The van der Waals surface area contributed by atoms with Crippen molar-refractivity contribution in [2.75, 3.05) is 5.32 Å². The van der Waals surface area contributed by atoms with Crippen LogP contribution in [-0.4, -0.2) is 11.7 Å². The first-order chi connectivity index (χ1) is 9.24. The first-order valence-corrected chi connectivity index (χ1v) is 6.15. The highest BCUT2D eigenvalue weighted by Gasteiger charge is 2.01. The first kappa shape index (κ1) is 13.0. The highest BCUT2D eigenvalue weighted by molar-refractivity contribution is 5.82. The van der Waals surface area contributed by atoms with E-state index in [1.807, 2.05) is 44.2 Å². The number of rotatable bonds is 4. The molecule has 0 aliphatic rings. The van der Waals surface area contributed by atoms with Gasteiger partial charge in [0, 0.05) is 23.5 Å². The molecular weight excluding hydrogens is 234 g/mol. The lowest BCUT2D eigenvalue weighted by atomic mass is 10.1. The fourth-order valence-corrected chi connectivity index (χ4v) is 1.79. The molecule has 0 aliphatic carbocycles. The Hall–Kier alpha value is -2.42. The first-order valence-electron chi connectivity index (χ1n) is 6.15. The third kappa shape index (κ3) is 3.07. The lowest BCUT2D eigenvalue weighted by Crippen LogP contribution is -2.00. The Morgan fingerprint density at radius 2 is 2.21 bits per heavy atom. The maximum atomic E-state index is 4.31. The smallest absolute Gasteiger partial charge is 0.0703 e. The lowest BCUT2D eigenvalue weighted by molar-refractivity contribution is 1.29. The quantitative estimate of drug-likeness (QED) is 0.654. The van der Waals surface area contributed by atoms with E-state index in [-0.39, 0.29) is 0 Å². The number of aromatic nitrogens is 1. The molecule has 0 aliphatic heterocycles. The van der Waals surface area contributed by atoms with Crippen molar-refractivity contribution in [1.82, 2.24) is 4.98 Å². The summed E-state index contributed by atoms with van der Waals surface area (Å²) in [6.45, 7) is 7.54. The van der Waals surface area contributed by atoms with Gasteiger partial charge in [0.25, 0.3) is 0 Å². The van der Waals surface area contributed by atoms with Gasteiger partial charge in [-0.1, -0.05) is 12.1 Å². The summed E-state index contributed by atoms with van der Waals surface area (Å²) in [7, 11) is 0. The second-order valence-corrected chi connectivity index (χ2v) is 4.23. The van der Waals surface area contributed by atoms with Gasteiger partial charge in [-0.05, 0) is 50.4 Å². The Morgan fingerprint density at radius 3 is 2.95 bits per heavy atom. The van der Waals surface area contributed by atoms with E-state index in [1.54, 1.807) is 12.4 Å². The standard InChI is InChI=1S/C16H17N3/c1-4-12(2)16(11-17-3)19-14-7-8-15-13(10-14)6-5-9-18-15/h4-11,19H,3H2,1-2H3/b12-4-,16-11-. The Bertz CT molecular complexity index is 654. The van der Waals surface area contributed by atoms with E-state index < -0.39 is 0 Å². The number of hydrogen-bond acceptors (Lipinski definition) is 3. The van der Waals surface area contributed by atoms with Crippen LogP contribution in [0.3, 0.4) is 0 Å². The fourth-order valence-electron chi connectivity index (χ4n) is 1.79. The molecule has 0 fully saturated rings. The number of pyridine rings is 1. The molecule has 0 radical (unpaired) electrons. The molecule has 3 heteroatoms. The average molecular weight is 251 g/mol. The van der Waals surface area contributed by atoms with Crippen LogP contribution in [0.4, 0.5) is 5.69 Å². The minimum absolute atomic E-state index is 0.945. The maximum Gasteiger partial charge on any atom is 0.0703 e. The van der Waals surface area contributed by atoms with E-state index in [4.69, 9.17) is 0 Å². The van der Waals surface area contributed by atoms with Gasteiger partial charge >= 0.3 is 0 Å². The number of benzene rings is 1. The van der Waals surface area contributed by atoms with Crippen LogP contribution >= 0.6 is 0 Å². The zero-order valence-corrected chi connectivity index (χ0v) is 11.2. The normalized spacial score (nSPS) is 12.5. The zero-order chi connectivity index (χ0) is 13.7. The molecule has 0 bridgehead atoms. The van der Waals surface area contributed by atoms with Crippen molar-refractivity contribution in [3.63, 3.8) is 0 Å². The van der Waals surface area contributed by atoms with Gasteiger partial charge in [-0.15, -0.1) is 0 Å². The molecular formula is C16H17N3. The number of nitrogens with one attached hydrogen (secondary N) is 1. The fraction of sp³-hybridized carbons (Fsp3) is 0.125. The molecule has 0 atom stereocenters. The Morgan fingerprint density at radius 1 is 1.37 bits per heavy atom. The molecule has 1 N–H and O–H groups in total. The van der Waals surface area contributed by atoms with Crippen molar-refractivity contribution in [3.05, 3.63) is 60.1 Å². The molecule has 0 spiro atoms. The Kier molecular flexibility index (Phi) is 4.08. The van der Waals surface area contributed by atoms with E-state index >= 15 is 0 Å². The summed E-state index contributed by atoms with van der Waals surface area (Å²) in [6.07, 6.45) is 5.56. The van der Waals surface area contributed by atoms with Crippen molar-refractivity contribution in [3.8, 4) is 0 Å². The number of fused-ring (bicyclic) bond motifs is 1. The predicted molar refractivity (Wildman–Crippen MR) is 82.4 cm³/mol. The number of anilines is 1. The molecule has 0 saturated heterocycles. The highest BCUT2D eigenvalue weighted by Crippen LogP contribution is 2.20. The largest absolute Gasteiger partial charge is 0.354 e. The van der Waals surface area contributed by atoms with Crippen molar-refractivity contribution in [1.29, 1.82) is 0 Å². The average Bonchev–Trinajstić information content (AvgIpc) is 2.46. The zero-order valence-electron chi connectivity index (χ0n) is 11.2. The van der Waals surface area contributed by atoms with Gasteiger partial charge in [0.1, 0.15) is 0 Å². The number of nitrogens with zero attached hydrogens (tertiary/aromatic N) is 2. The van der Waals surface area contributed by atoms with Crippen LogP contribution in [-0.2, 0) is 0 Å². The molecule has 0 saturated carbocycles. The Labute approximate surface area is 113 Å². The van der Waals surface area contributed by atoms with Crippen LogP contribution in [0, 0.1) is 0 Å². The lowest BCUT2D eigenvalue weighted by Gasteiger charge is -2.11. The summed E-state index contributed by atoms with van der Waals surface area (Å²) < 4.78 is 0. The summed E-state index contributed by atoms with van der Waals surface area (Å²) >= 11 is 0. The monoisotopic (exact) mass is 251 g/mol. The van der Waals surface area contributed by atoms with Gasteiger partial charge in [-0.2, -0.15) is 0 Å². The maximum absolute atomic E-state index is 4.31. The van der Waals surface area contributed by atoms with Crippen LogP contribution in [0.1, 0.15) is 13.8 Å². The van der Waals surface area contributed by atoms with E-state index in [2.05, 4.69) is 28.1 Å². The van der Waals surface area contributed by atoms with Gasteiger partial charge in [0.05, 0.1) is 11.2 Å². The molecule has 2 rings (SSSR count). The van der Waals surface area contributed by atoms with Gasteiger partial charge in [0.2, 0.25) is 0 Å². The summed E-state index contributed by atoms with van der Waals surface area (Å²) in [4.78, 5) is 8.14. The number of aliphatic imine (C=N–C) groups is 1. The van der Waals surface area contributed by atoms with E-state index in [1.165, 1.54) is 0 Å². The van der Waals surface area contributed by atoms with Crippen LogP contribution in [0.2, 0.25) is 0 Å². The molecule has 0 amide bonds. The van der Waals surface area contributed by atoms with E-state index in [9.17, 15) is 0 Å². The Balaban J connectivity index is 2.34. The molecule has 2 aromatic rings. The van der Waals surface area contributed by atoms with E-state index in [0.717, 1.165) is 27.9 Å². The molecule has 19 heavy (non-hydrogen) atoms. The van der Waals surface area contributed by atoms with E-state index in [0.29, 0.717) is 0 Å². The van der Waals surface area contributed by atoms with Gasteiger partial charge in [-0.25, -0.2) is 0 Å². The predicted octanol–water partition coefficient (Wildman–Crippen LogP) is 4.15. The number of hydrogen-bond donors (Lipinski definition) is 1. The molecule has 1 aromatic carbocycles. The number of allylic oxidation sites excluding steroid dienone is 2. The minimum atomic E-state index is 0.945. The summed E-state index contributed by atoms with van der Waals surface area (Å²) in [6, 6.07) is 10.1. The van der Waals surface area contributed by atoms with Gasteiger partial charge < -0.3 is 5.32 Å². The third-order valence-electron chi connectivity index (χ3n) is 2.96. The van der Waals surface area contributed by atoms with Crippen molar-refractivity contribution in [2.24, 2.45) is 4.99 Å². The van der Waals surface area contributed by atoms with Crippen molar-refractivity contribution >= 4 is 23.3 Å². The van der Waals surface area contributed by atoms with Gasteiger partial charge in [0.15, 0.2) is 0 Å². The summed E-state index contributed by atoms with van der Waals surface area (Å²) in [5, 5.41) is 4.46. The highest BCUT2D eigenvalue weighted by atomic mass is 14.9. The summed E-state index contributed by atoms with van der Waals surface area (Å²) in [5.74, 6) is 0. The topological polar surface area (TPSA) is 37.3 Å². The summed E-state index contributed by atoms with van der Waals surface area (Å²) in [5.41, 5.74) is 4.07. The van der Waals surface area contributed by atoms with Crippen LogP contribution < -0.4 is 5.32 Å². The molecule has 3 nitrogen and oxygen atoms in total. The van der Waals surface area contributed by atoms with Crippen LogP contribution in [0.15, 0.2) is 65.1 Å². The molecule has 0 unspecified atom stereocenters. The second kappa shape index (κ2) is 5.96. The molecule has 1 heterocycles. The minimum Gasteiger partial charge on any atom is -0.354 e. The second-order valence-electron chi connectivity index (χ2n) is 4.23. The van der Waals surface area contributed by atoms with Crippen molar-refractivity contribution < 1.29 is 0 Å². The third-order valence-corrected chi connectivity index (χ3v) is 2.96. The molecule has 96 valence electrons. The molecule has 1 aromatic heterocycles. The SMILES string of the molecule is C=N/C=C(Nc1ccc2ncccc2c1)/C(C)=C\C. The van der Waals surface area contributed by atoms with Crippen LogP contribution in [0.25, 0.3) is 10.9 Å². The van der Waals surface area contributed by atoms with Crippen molar-refractivity contribution in [2.45, 2.75) is 13.8 Å². The van der Waals surface area contributed by atoms with Gasteiger partial charge in [-0.3, -0.25) is 9.98 Å². The van der Waals surface area contributed by atoms with Crippen LogP contribution in [0.5, 0.6) is 0 Å².